The van der Waals surface area contributed by atoms with Crippen molar-refractivity contribution >= 4 is 28.6 Å². The molecule has 3 aromatic rings. The minimum absolute atomic E-state index is 0.0842. The SMILES string of the molecule is COC[C@@H]1CN(Cc2cc(F)c3nc(C4CCC(C(C)(C)O)CC4)ccc3c2)C[C@H]1Oc1ccc2c(c1)CN([C@H]1CCC(=O)NC1=O)C2=O. The van der Waals surface area contributed by atoms with E-state index in [-0.39, 0.29) is 54.5 Å². The number of nitrogens with one attached hydrogen (secondary N) is 1. The van der Waals surface area contributed by atoms with Crippen molar-refractivity contribution in [1.82, 2.24) is 20.1 Å². The van der Waals surface area contributed by atoms with Crippen molar-refractivity contribution in [1.29, 1.82) is 0 Å². The van der Waals surface area contributed by atoms with Gasteiger partial charge in [0.25, 0.3) is 5.91 Å². The number of carbonyl (C=O) groups excluding carboxylic acids is 3. The van der Waals surface area contributed by atoms with E-state index in [1.807, 2.05) is 38.1 Å². The van der Waals surface area contributed by atoms with Gasteiger partial charge in [0.1, 0.15) is 29.2 Å². The number of imide groups is 1. The van der Waals surface area contributed by atoms with Crippen LogP contribution in [0, 0.1) is 17.7 Å². The van der Waals surface area contributed by atoms with Crippen LogP contribution in [0.4, 0.5) is 4.39 Å². The predicted octanol–water partition coefficient (Wildman–Crippen LogP) is 4.71. The van der Waals surface area contributed by atoms with Crippen molar-refractivity contribution in [2.24, 2.45) is 11.8 Å². The number of nitrogens with zero attached hydrogens (tertiary/aromatic N) is 3. The standard InChI is InChI=1S/C38H45FN4O6/c1-38(2,47)27-7-4-23(5-8-27)31-11-6-24-14-22(15-30(39)35(24)40-31)17-42-18-26(21-48-3)33(20-42)49-28-9-10-29-25(16-28)19-43(37(29)46)32-12-13-34(44)41-36(32)45/h6,9-11,14-16,23,26-27,32-33,47H,4-5,7-8,12-13,17-21H2,1-3H3,(H,41,44,45)/t23?,26-,27?,32-,33+/m0/s1. The summed E-state index contributed by atoms with van der Waals surface area (Å²) >= 11 is 0. The molecule has 3 aliphatic heterocycles. The van der Waals surface area contributed by atoms with Crippen molar-refractivity contribution in [3.8, 4) is 5.75 Å². The molecule has 49 heavy (non-hydrogen) atoms. The monoisotopic (exact) mass is 672 g/mol. The zero-order valence-electron chi connectivity index (χ0n) is 28.4. The van der Waals surface area contributed by atoms with E-state index in [2.05, 4.69) is 10.2 Å². The number of fused-ring (bicyclic) bond motifs is 2. The number of halogens is 1. The van der Waals surface area contributed by atoms with E-state index < -0.39 is 17.6 Å². The minimum Gasteiger partial charge on any atom is -0.489 e. The number of pyridine rings is 1. The molecule has 0 unspecified atom stereocenters. The molecule has 2 saturated heterocycles. The van der Waals surface area contributed by atoms with Gasteiger partial charge < -0.3 is 19.5 Å². The van der Waals surface area contributed by atoms with Crippen LogP contribution in [0.15, 0.2) is 42.5 Å². The number of aromatic nitrogens is 1. The summed E-state index contributed by atoms with van der Waals surface area (Å²) < 4.78 is 27.6. The van der Waals surface area contributed by atoms with Crippen LogP contribution in [0.2, 0.25) is 0 Å². The Hall–Kier alpha value is -3.93. The van der Waals surface area contributed by atoms with Gasteiger partial charge in [-0.25, -0.2) is 9.37 Å². The lowest BCUT2D eigenvalue weighted by Crippen LogP contribution is -2.52. The van der Waals surface area contributed by atoms with Gasteiger partial charge in [0.05, 0.1) is 12.2 Å². The third-order valence-corrected chi connectivity index (χ3v) is 11.0. The number of benzene rings is 2. The molecule has 0 bridgehead atoms. The number of hydrogen-bond acceptors (Lipinski definition) is 8. The third kappa shape index (κ3) is 6.93. The molecular weight excluding hydrogens is 627 g/mol. The predicted molar refractivity (Wildman–Crippen MR) is 180 cm³/mol. The van der Waals surface area contributed by atoms with Crippen LogP contribution in [0.25, 0.3) is 10.9 Å². The number of piperidine rings is 1. The minimum atomic E-state index is -0.679. The number of hydrogen-bond donors (Lipinski definition) is 2. The molecule has 7 rings (SSSR count). The summed E-state index contributed by atoms with van der Waals surface area (Å²) in [5.41, 5.74) is 2.84. The third-order valence-electron chi connectivity index (χ3n) is 11.0. The maximum Gasteiger partial charge on any atom is 0.255 e. The van der Waals surface area contributed by atoms with Crippen molar-refractivity contribution in [2.45, 2.75) is 89.1 Å². The van der Waals surface area contributed by atoms with Crippen LogP contribution in [0.1, 0.15) is 85.5 Å². The van der Waals surface area contributed by atoms with E-state index in [4.69, 9.17) is 14.5 Å². The second-order valence-electron chi connectivity index (χ2n) is 14.9. The highest BCUT2D eigenvalue weighted by atomic mass is 19.1. The average molecular weight is 673 g/mol. The Morgan fingerprint density at radius 1 is 1.02 bits per heavy atom. The van der Waals surface area contributed by atoms with Gasteiger partial charge in [-0.3, -0.25) is 24.6 Å². The topological polar surface area (TPSA) is 121 Å². The fourth-order valence-corrected chi connectivity index (χ4v) is 8.30. The first-order valence-corrected chi connectivity index (χ1v) is 17.4. The molecule has 4 aliphatic rings. The summed E-state index contributed by atoms with van der Waals surface area (Å²) in [5.74, 6) is -0.0147. The van der Waals surface area contributed by atoms with Crippen LogP contribution in [-0.2, 0) is 27.4 Å². The lowest BCUT2D eigenvalue weighted by atomic mass is 9.74. The lowest BCUT2D eigenvalue weighted by Gasteiger charge is -2.35. The largest absolute Gasteiger partial charge is 0.489 e. The van der Waals surface area contributed by atoms with Gasteiger partial charge in [-0.05, 0) is 99.4 Å². The lowest BCUT2D eigenvalue weighted by molar-refractivity contribution is -0.136. The Bertz CT molecular complexity index is 1770. The van der Waals surface area contributed by atoms with Gasteiger partial charge >= 0.3 is 0 Å². The fraction of sp³-hybridized carbons (Fsp3) is 0.526. The summed E-state index contributed by atoms with van der Waals surface area (Å²) in [7, 11) is 1.67. The molecule has 2 aromatic carbocycles. The summed E-state index contributed by atoms with van der Waals surface area (Å²) in [5, 5.41) is 13.5. The van der Waals surface area contributed by atoms with Crippen molar-refractivity contribution in [3.05, 3.63) is 70.7 Å². The first-order valence-electron chi connectivity index (χ1n) is 17.4. The Kier molecular flexibility index (Phi) is 9.19. The smallest absolute Gasteiger partial charge is 0.255 e. The molecule has 0 radical (unpaired) electrons. The first-order chi connectivity index (χ1) is 23.5. The van der Waals surface area contributed by atoms with Crippen LogP contribution >= 0.6 is 0 Å². The maximum atomic E-state index is 15.5. The van der Waals surface area contributed by atoms with E-state index in [9.17, 15) is 19.5 Å². The second-order valence-corrected chi connectivity index (χ2v) is 14.9. The maximum absolute atomic E-state index is 15.5. The van der Waals surface area contributed by atoms with Gasteiger partial charge in [-0.1, -0.05) is 6.07 Å². The number of amides is 3. The molecule has 10 nitrogen and oxygen atoms in total. The van der Waals surface area contributed by atoms with E-state index in [1.165, 1.54) is 4.90 Å². The molecule has 1 saturated carbocycles. The Morgan fingerprint density at radius 2 is 1.82 bits per heavy atom. The zero-order valence-corrected chi connectivity index (χ0v) is 28.4. The molecule has 4 heterocycles. The van der Waals surface area contributed by atoms with Gasteiger partial charge in [0.15, 0.2) is 0 Å². The summed E-state index contributed by atoms with van der Waals surface area (Å²) in [6, 6.07) is 12.4. The number of carbonyl (C=O) groups is 3. The first kappa shape index (κ1) is 33.6. The summed E-state index contributed by atoms with van der Waals surface area (Å²) in [6.45, 7) is 6.44. The molecule has 3 fully saturated rings. The molecule has 2 N–H and O–H groups in total. The summed E-state index contributed by atoms with van der Waals surface area (Å²) in [4.78, 5) is 45.7. The fourth-order valence-electron chi connectivity index (χ4n) is 8.30. The van der Waals surface area contributed by atoms with Crippen LogP contribution in [0.3, 0.4) is 0 Å². The molecular formula is C38H45FN4O6. The van der Waals surface area contributed by atoms with E-state index >= 15 is 4.39 Å². The van der Waals surface area contributed by atoms with Gasteiger partial charge in [-0.2, -0.15) is 0 Å². The Labute approximate surface area is 286 Å². The van der Waals surface area contributed by atoms with E-state index in [1.54, 1.807) is 25.3 Å². The van der Waals surface area contributed by atoms with Gasteiger partial charge in [0.2, 0.25) is 11.8 Å². The van der Waals surface area contributed by atoms with Crippen molar-refractivity contribution in [3.63, 3.8) is 0 Å². The van der Waals surface area contributed by atoms with Crippen molar-refractivity contribution in [2.75, 3.05) is 26.8 Å². The Morgan fingerprint density at radius 3 is 2.55 bits per heavy atom. The number of methoxy groups -OCH3 is 1. The van der Waals surface area contributed by atoms with Crippen LogP contribution in [-0.4, -0.2) is 82.2 Å². The Balaban J connectivity index is 1.01. The van der Waals surface area contributed by atoms with Gasteiger partial charge in [-0.15, -0.1) is 0 Å². The molecule has 0 spiro atoms. The zero-order chi connectivity index (χ0) is 34.4. The van der Waals surface area contributed by atoms with E-state index in [0.29, 0.717) is 42.9 Å². The van der Waals surface area contributed by atoms with Crippen molar-refractivity contribution < 1.29 is 33.4 Å². The van der Waals surface area contributed by atoms with Crippen LogP contribution < -0.4 is 10.1 Å². The normalized spacial score (nSPS) is 26.3. The molecule has 3 amide bonds. The van der Waals surface area contributed by atoms with Crippen LogP contribution in [0.5, 0.6) is 5.75 Å². The highest BCUT2D eigenvalue weighted by Crippen LogP contribution is 2.40. The second kappa shape index (κ2) is 13.4. The number of likely N-dealkylation sites (tertiary alicyclic amines) is 1. The number of aliphatic hydroxyl groups is 1. The van der Waals surface area contributed by atoms with E-state index in [0.717, 1.165) is 54.4 Å². The molecule has 3 atom stereocenters. The van der Waals surface area contributed by atoms with Gasteiger partial charge in [0, 0.05) is 68.2 Å². The average Bonchev–Trinajstić information content (AvgIpc) is 3.59. The molecule has 260 valence electrons. The highest BCUT2D eigenvalue weighted by Gasteiger charge is 2.40. The molecule has 1 aromatic heterocycles. The quantitative estimate of drug-likeness (QED) is 0.314. The summed E-state index contributed by atoms with van der Waals surface area (Å²) in [6.07, 6.45) is 4.11. The number of ether oxygens (including phenoxy) is 2. The molecule has 11 heteroatoms. The molecule has 1 aliphatic carbocycles. The number of rotatable bonds is 9. The highest BCUT2D eigenvalue weighted by molar-refractivity contribution is 6.05.